The smallest absolute Gasteiger partial charge is 0.408 e. The lowest BCUT2D eigenvalue weighted by atomic mass is 10.2. The van der Waals surface area contributed by atoms with Crippen molar-refractivity contribution in [3.05, 3.63) is 0 Å². The summed E-state index contributed by atoms with van der Waals surface area (Å²) >= 11 is 0. The van der Waals surface area contributed by atoms with Crippen molar-refractivity contribution in [3.8, 4) is 0 Å². The Bertz CT molecular complexity index is 472. The Balaban J connectivity index is 2.03. The summed E-state index contributed by atoms with van der Waals surface area (Å²) in [5, 5.41) is 2.49. The van der Waals surface area contributed by atoms with Crippen molar-refractivity contribution in [2.45, 2.75) is 57.5 Å². The number of nitrogens with zero attached hydrogens (tertiary/aromatic N) is 1. The van der Waals surface area contributed by atoms with Crippen LogP contribution in [0.5, 0.6) is 0 Å². The van der Waals surface area contributed by atoms with Crippen molar-refractivity contribution < 1.29 is 28.6 Å². The van der Waals surface area contributed by atoms with Crippen LogP contribution < -0.4 is 5.32 Å². The van der Waals surface area contributed by atoms with Gasteiger partial charge in [0.1, 0.15) is 23.9 Å². The monoisotopic (exact) mass is 314 g/mol. The van der Waals surface area contributed by atoms with Gasteiger partial charge in [0.15, 0.2) is 0 Å². The topological polar surface area (TPSA) is 94.2 Å². The molecule has 0 aromatic rings. The normalized spacial score (nSPS) is 28.1. The van der Waals surface area contributed by atoms with Crippen LogP contribution in [0.3, 0.4) is 0 Å². The zero-order valence-electron chi connectivity index (χ0n) is 13.3. The highest BCUT2D eigenvalue weighted by atomic mass is 16.6. The molecule has 3 atom stereocenters. The van der Waals surface area contributed by atoms with Crippen molar-refractivity contribution in [2.75, 3.05) is 13.7 Å². The molecule has 0 radical (unpaired) electrons. The number of hydrogen-bond donors (Lipinski definition) is 1. The highest BCUT2D eigenvalue weighted by molar-refractivity contribution is 5.91. The van der Waals surface area contributed by atoms with E-state index in [1.165, 1.54) is 12.0 Å². The number of fused-ring (bicyclic) bond motifs is 1. The predicted molar refractivity (Wildman–Crippen MR) is 74.8 cm³/mol. The molecule has 2 heterocycles. The number of esters is 1. The SMILES string of the molecule is COC(=O)[C@H]1CC[C@@H]2OC[C@H](NC(=O)OC(C)(C)C)C(=O)N21. The zero-order valence-corrected chi connectivity index (χ0v) is 13.3. The fourth-order valence-electron chi connectivity index (χ4n) is 2.62. The number of rotatable bonds is 2. The van der Waals surface area contributed by atoms with E-state index < -0.39 is 36.0 Å². The van der Waals surface area contributed by atoms with Crippen LogP contribution >= 0.6 is 0 Å². The van der Waals surface area contributed by atoms with Gasteiger partial charge in [-0.3, -0.25) is 4.79 Å². The molecule has 0 aromatic carbocycles. The molecule has 124 valence electrons. The van der Waals surface area contributed by atoms with Gasteiger partial charge in [-0.1, -0.05) is 0 Å². The van der Waals surface area contributed by atoms with Gasteiger partial charge in [-0.25, -0.2) is 9.59 Å². The fourth-order valence-corrected chi connectivity index (χ4v) is 2.62. The van der Waals surface area contributed by atoms with Crippen LogP contribution in [0.2, 0.25) is 0 Å². The first-order chi connectivity index (χ1) is 10.2. The standard InChI is InChI=1S/C14H22N2O6/c1-14(2,3)22-13(19)15-8-7-21-10-6-5-9(12(18)20-4)16(10)11(8)17/h8-10H,5-7H2,1-4H3,(H,15,19)/t8-,9+,10-/m0/s1. The highest BCUT2D eigenvalue weighted by Crippen LogP contribution is 2.29. The Morgan fingerprint density at radius 3 is 2.59 bits per heavy atom. The van der Waals surface area contributed by atoms with Crippen LogP contribution in [0.4, 0.5) is 4.79 Å². The minimum absolute atomic E-state index is 0.0626. The maximum absolute atomic E-state index is 12.5. The van der Waals surface area contributed by atoms with E-state index in [9.17, 15) is 14.4 Å². The minimum atomic E-state index is -0.864. The molecule has 0 spiro atoms. The predicted octanol–water partition coefficient (Wildman–Crippen LogP) is 0.400. The van der Waals surface area contributed by atoms with Crippen molar-refractivity contribution in [3.63, 3.8) is 0 Å². The maximum Gasteiger partial charge on any atom is 0.408 e. The number of hydrogen-bond acceptors (Lipinski definition) is 6. The third-order valence-electron chi connectivity index (χ3n) is 3.51. The molecular weight excluding hydrogens is 292 g/mol. The Hall–Kier alpha value is -1.83. The van der Waals surface area contributed by atoms with Gasteiger partial charge < -0.3 is 24.4 Å². The van der Waals surface area contributed by atoms with Gasteiger partial charge in [-0.15, -0.1) is 0 Å². The summed E-state index contributed by atoms with van der Waals surface area (Å²) < 4.78 is 15.4. The molecule has 0 aliphatic carbocycles. The highest BCUT2D eigenvalue weighted by Gasteiger charge is 2.48. The Morgan fingerprint density at radius 2 is 2.00 bits per heavy atom. The first kappa shape index (κ1) is 16.5. The van der Waals surface area contributed by atoms with Crippen molar-refractivity contribution in [1.82, 2.24) is 10.2 Å². The van der Waals surface area contributed by atoms with Crippen LogP contribution in [-0.4, -0.2) is 60.5 Å². The van der Waals surface area contributed by atoms with E-state index in [1.807, 2.05) is 0 Å². The largest absolute Gasteiger partial charge is 0.467 e. The number of methoxy groups -OCH3 is 1. The zero-order chi connectivity index (χ0) is 16.5. The molecular formula is C14H22N2O6. The van der Waals surface area contributed by atoms with E-state index in [1.54, 1.807) is 20.8 Å². The molecule has 2 saturated heterocycles. The Kier molecular flexibility index (Phi) is 4.60. The minimum Gasteiger partial charge on any atom is -0.467 e. The second kappa shape index (κ2) is 6.12. The van der Waals surface area contributed by atoms with Gasteiger partial charge in [0.25, 0.3) is 0 Å². The van der Waals surface area contributed by atoms with Gasteiger partial charge in [-0.2, -0.15) is 0 Å². The lowest BCUT2D eigenvalue weighted by Gasteiger charge is -2.37. The van der Waals surface area contributed by atoms with Crippen LogP contribution in [0.15, 0.2) is 0 Å². The molecule has 2 fully saturated rings. The third kappa shape index (κ3) is 3.49. The maximum atomic E-state index is 12.5. The van der Waals surface area contributed by atoms with Gasteiger partial charge >= 0.3 is 12.1 Å². The van der Waals surface area contributed by atoms with Crippen LogP contribution in [-0.2, 0) is 23.8 Å². The molecule has 2 rings (SSSR count). The molecule has 0 unspecified atom stereocenters. The van der Waals surface area contributed by atoms with E-state index in [0.29, 0.717) is 12.8 Å². The summed E-state index contributed by atoms with van der Waals surface area (Å²) in [6, 6.07) is -1.53. The summed E-state index contributed by atoms with van der Waals surface area (Å²) in [6.07, 6.45) is -0.0672. The van der Waals surface area contributed by atoms with Crippen molar-refractivity contribution in [1.29, 1.82) is 0 Å². The van der Waals surface area contributed by atoms with E-state index >= 15 is 0 Å². The molecule has 22 heavy (non-hydrogen) atoms. The van der Waals surface area contributed by atoms with E-state index in [0.717, 1.165) is 0 Å². The molecule has 0 aromatic heterocycles. The molecule has 2 amide bonds. The summed E-state index contributed by atoms with van der Waals surface area (Å²) in [5.41, 5.74) is -0.659. The first-order valence-corrected chi connectivity index (χ1v) is 7.24. The van der Waals surface area contributed by atoms with E-state index in [2.05, 4.69) is 5.32 Å². The van der Waals surface area contributed by atoms with Gasteiger partial charge in [0.05, 0.1) is 13.7 Å². The number of carbonyl (C=O) groups excluding carboxylic acids is 3. The second-order valence-corrected chi connectivity index (χ2v) is 6.35. The van der Waals surface area contributed by atoms with Crippen LogP contribution in [0.1, 0.15) is 33.6 Å². The lowest BCUT2D eigenvalue weighted by molar-refractivity contribution is -0.171. The summed E-state index contributed by atoms with van der Waals surface area (Å²) in [5.74, 6) is -0.827. The van der Waals surface area contributed by atoms with E-state index in [-0.39, 0.29) is 12.5 Å². The molecule has 8 nitrogen and oxygen atoms in total. The van der Waals surface area contributed by atoms with Crippen LogP contribution in [0.25, 0.3) is 0 Å². The second-order valence-electron chi connectivity index (χ2n) is 6.35. The number of amides is 2. The van der Waals surface area contributed by atoms with Gasteiger partial charge in [0, 0.05) is 0 Å². The molecule has 1 N–H and O–H groups in total. The van der Waals surface area contributed by atoms with Crippen molar-refractivity contribution in [2.24, 2.45) is 0 Å². The number of nitrogens with one attached hydrogen (secondary N) is 1. The molecule has 0 bridgehead atoms. The molecule has 2 aliphatic rings. The average Bonchev–Trinajstić information content (AvgIpc) is 2.83. The summed E-state index contributed by atoms with van der Waals surface area (Å²) in [4.78, 5) is 37.4. The number of carbonyl (C=O) groups is 3. The summed E-state index contributed by atoms with van der Waals surface area (Å²) in [7, 11) is 1.28. The molecule has 2 aliphatic heterocycles. The lowest BCUT2D eigenvalue weighted by Crippen LogP contribution is -2.60. The number of ether oxygens (including phenoxy) is 3. The quantitative estimate of drug-likeness (QED) is 0.742. The van der Waals surface area contributed by atoms with Gasteiger partial charge in [-0.05, 0) is 33.6 Å². The molecule has 8 heteroatoms. The third-order valence-corrected chi connectivity index (χ3v) is 3.51. The Morgan fingerprint density at radius 1 is 1.32 bits per heavy atom. The first-order valence-electron chi connectivity index (χ1n) is 7.24. The average molecular weight is 314 g/mol. The summed E-state index contributed by atoms with van der Waals surface area (Å²) in [6.45, 7) is 5.26. The van der Waals surface area contributed by atoms with E-state index in [4.69, 9.17) is 14.2 Å². The Labute approximate surface area is 129 Å². The number of alkyl carbamates (subject to hydrolysis) is 1. The van der Waals surface area contributed by atoms with Crippen molar-refractivity contribution >= 4 is 18.0 Å². The fraction of sp³-hybridized carbons (Fsp3) is 0.786. The molecule has 0 saturated carbocycles. The van der Waals surface area contributed by atoms with Gasteiger partial charge in [0.2, 0.25) is 5.91 Å². The van der Waals surface area contributed by atoms with Crippen LogP contribution in [0, 0.1) is 0 Å².